The first kappa shape index (κ1) is 23.2. The number of hydrogen-bond acceptors (Lipinski definition) is 2. The normalized spacial score (nSPS) is 12.9. The van der Waals surface area contributed by atoms with E-state index < -0.39 is 6.04 Å². The average Bonchev–Trinajstić information content (AvgIpc) is 2.69. The van der Waals surface area contributed by atoms with E-state index in [-0.39, 0.29) is 30.8 Å². The van der Waals surface area contributed by atoms with Crippen LogP contribution in [0.5, 0.6) is 0 Å². The van der Waals surface area contributed by atoms with Crippen molar-refractivity contribution < 1.29 is 9.59 Å². The first-order chi connectivity index (χ1) is 13.8. The van der Waals surface area contributed by atoms with Crippen molar-refractivity contribution in [2.24, 2.45) is 0 Å². The van der Waals surface area contributed by atoms with Gasteiger partial charge in [0.2, 0.25) is 11.8 Å². The maximum Gasteiger partial charge on any atom is 0.243 e. The molecule has 0 bridgehead atoms. The first-order valence-corrected chi connectivity index (χ1v) is 10.7. The van der Waals surface area contributed by atoms with E-state index in [1.165, 1.54) is 0 Å². The lowest BCUT2D eigenvalue weighted by molar-refractivity contribution is -0.141. The van der Waals surface area contributed by atoms with Crippen molar-refractivity contribution in [3.63, 3.8) is 0 Å². The van der Waals surface area contributed by atoms with Crippen molar-refractivity contribution in [1.29, 1.82) is 0 Å². The monoisotopic (exact) mass is 434 g/mol. The molecule has 0 aliphatic rings. The minimum atomic E-state index is -0.577. The smallest absolute Gasteiger partial charge is 0.243 e. The van der Waals surface area contributed by atoms with Gasteiger partial charge >= 0.3 is 0 Å². The Hall–Kier alpha value is -2.04. The van der Waals surface area contributed by atoms with E-state index in [0.717, 1.165) is 17.5 Å². The molecule has 0 saturated heterocycles. The standard InChI is InChI=1S/C23H28Cl2N2O2/c1-4-16(3)26-23(29)21(5-2)27(15-18-10-6-7-12-20(18)25)22(28)14-17-9-8-11-19(24)13-17/h6-13,16,21H,4-5,14-15H2,1-3H3,(H,26,29). The molecule has 0 radical (unpaired) electrons. The minimum absolute atomic E-state index is 0.0433. The molecule has 29 heavy (non-hydrogen) atoms. The number of halogens is 2. The number of benzene rings is 2. The topological polar surface area (TPSA) is 49.4 Å². The van der Waals surface area contributed by atoms with Crippen LogP contribution in [0.25, 0.3) is 0 Å². The van der Waals surface area contributed by atoms with Crippen LogP contribution in [-0.4, -0.2) is 28.8 Å². The molecule has 0 saturated carbocycles. The second kappa shape index (κ2) is 11.2. The number of nitrogens with one attached hydrogen (secondary N) is 1. The Labute approximate surface area is 183 Å². The Kier molecular flexibility index (Phi) is 8.99. The lowest BCUT2D eigenvalue weighted by Gasteiger charge is -2.32. The largest absolute Gasteiger partial charge is 0.352 e. The van der Waals surface area contributed by atoms with Crippen LogP contribution in [0.4, 0.5) is 0 Å². The van der Waals surface area contributed by atoms with E-state index in [1.54, 1.807) is 23.1 Å². The van der Waals surface area contributed by atoms with Gasteiger partial charge in [0.1, 0.15) is 6.04 Å². The van der Waals surface area contributed by atoms with E-state index in [4.69, 9.17) is 23.2 Å². The number of rotatable bonds is 9. The van der Waals surface area contributed by atoms with Gasteiger partial charge in [-0.1, -0.05) is 67.4 Å². The summed E-state index contributed by atoms with van der Waals surface area (Å²) in [4.78, 5) is 27.8. The molecule has 6 heteroatoms. The summed E-state index contributed by atoms with van der Waals surface area (Å²) in [6.45, 7) is 6.15. The fourth-order valence-corrected chi connectivity index (χ4v) is 3.50. The van der Waals surface area contributed by atoms with E-state index in [0.29, 0.717) is 16.5 Å². The first-order valence-electron chi connectivity index (χ1n) is 9.93. The van der Waals surface area contributed by atoms with Crippen molar-refractivity contribution in [1.82, 2.24) is 10.2 Å². The zero-order valence-corrected chi connectivity index (χ0v) is 18.6. The summed E-state index contributed by atoms with van der Waals surface area (Å²) < 4.78 is 0. The zero-order valence-electron chi connectivity index (χ0n) is 17.1. The van der Waals surface area contributed by atoms with Crippen LogP contribution in [0.2, 0.25) is 10.0 Å². The predicted octanol–water partition coefficient (Wildman–Crippen LogP) is 5.26. The Morgan fingerprint density at radius 1 is 1.03 bits per heavy atom. The van der Waals surface area contributed by atoms with Crippen LogP contribution < -0.4 is 5.32 Å². The molecular formula is C23H28Cl2N2O2. The molecule has 1 N–H and O–H groups in total. The van der Waals surface area contributed by atoms with E-state index >= 15 is 0 Å². The zero-order chi connectivity index (χ0) is 21.4. The van der Waals surface area contributed by atoms with Crippen LogP contribution in [0.15, 0.2) is 48.5 Å². The highest BCUT2D eigenvalue weighted by molar-refractivity contribution is 6.31. The molecule has 0 aromatic heterocycles. The van der Waals surface area contributed by atoms with Gasteiger partial charge in [0.25, 0.3) is 0 Å². The maximum absolute atomic E-state index is 13.3. The Morgan fingerprint density at radius 3 is 2.38 bits per heavy atom. The lowest BCUT2D eigenvalue weighted by atomic mass is 10.1. The van der Waals surface area contributed by atoms with Gasteiger partial charge in [0.05, 0.1) is 6.42 Å². The van der Waals surface area contributed by atoms with Crippen LogP contribution in [0.3, 0.4) is 0 Å². The predicted molar refractivity (Wildman–Crippen MR) is 119 cm³/mol. The van der Waals surface area contributed by atoms with Crippen molar-refractivity contribution in [2.45, 2.75) is 58.7 Å². The van der Waals surface area contributed by atoms with Gasteiger partial charge in [-0.2, -0.15) is 0 Å². The summed E-state index contributed by atoms with van der Waals surface area (Å²) >= 11 is 12.4. The van der Waals surface area contributed by atoms with Gasteiger partial charge < -0.3 is 10.2 Å². The van der Waals surface area contributed by atoms with E-state index in [9.17, 15) is 9.59 Å². The number of nitrogens with zero attached hydrogens (tertiary/aromatic N) is 1. The van der Waals surface area contributed by atoms with Gasteiger partial charge in [0.15, 0.2) is 0 Å². The van der Waals surface area contributed by atoms with Crippen LogP contribution in [0, 0.1) is 0 Å². The third-order valence-corrected chi connectivity index (χ3v) is 5.53. The lowest BCUT2D eigenvalue weighted by Crippen LogP contribution is -2.51. The molecule has 2 rings (SSSR count). The van der Waals surface area contributed by atoms with Crippen molar-refractivity contribution in [3.05, 3.63) is 69.7 Å². The second-order valence-corrected chi connectivity index (χ2v) is 8.01. The second-order valence-electron chi connectivity index (χ2n) is 7.16. The maximum atomic E-state index is 13.3. The summed E-state index contributed by atoms with van der Waals surface area (Å²) in [5, 5.41) is 4.15. The fourth-order valence-electron chi connectivity index (χ4n) is 3.09. The van der Waals surface area contributed by atoms with Gasteiger partial charge in [-0.3, -0.25) is 9.59 Å². The number of carbonyl (C=O) groups is 2. The highest BCUT2D eigenvalue weighted by Crippen LogP contribution is 2.21. The summed E-state index contributed by atoms with van der Waals surface area (Å²) in [6.07, 6.45) is 1.50. The molecule has 4 nitrogen and oxygen atoms in total. The van der Waals surface area contributed by atoms with Gasteiger partial charge in [-0.25, -0.2) is 0 Å². The Bertz CT molecular complexity index is 841. The molecule has 0 heterocycles. The van der Waals surface area contributed by atoms with Crippen LogP contribution in [-0.2, 0) is 22.6 Å². The summed E-state index contributed by atoms with van der Waals surface area (Å²) in [7, 11) is 0. The highest BCUT2D eigenvalue weighted by Gasteiger charge is 2.29. The molecule has 2 atom stereocenters. The molecule has 156 valence electrons. The van der Waals surface area contributed by atoms with Gasteiger partial charge in [-0.05, 0) is 49.1 Å². The van der Waals surface area contributed by atoms with E-state index in [1.807, 2.05) is 51.1 Å². The van der Waals surface area contributed by atoms with Crippen molar-refractivity contribution in [3.8, 4) is 0 Å². The molecular weight excluding hydrogens is 407 g/mol. The van der Waals surface area contributed by atoms with Crippen molar-refractivity contribution in [2.75, 3.05) is 0 Å². The molecule has 0 aliphatic carbocycles. The number of hydrogen-bond donors (Lipinski definition) is 1. The molecule has 2 aromatic rings. The Balaban J connectivity index is 2.31. The molecule has 2 aromatic carbocycles. The van der Waals surface area contributed by atoms with E-state index in [2.05, 4.69) is 5.32 Å². The molecule has 0 aliphatic heterocycles. The summed E-state index contributed by atoms with van der Waals surface area (Å²) in [5.74, 6) is -0.285. The molecule has 2 amide bonds. The highest BCUT2D eigenvalue weighted by atomic mass is 35.5. The minimum Gasteiger partial charge on any atom is -0.352 e. The fraction of sp³-hybridized carbons (Fsp3) is 0.391. The quantitative estimate of drug-likeness (QED) is 0.584. The third kappa shape index (κ3) is 6.76. The van der Waals surface area contributed by atoms with Crippen LogP contribution >= 0.6 is 23.2 Å². The SMILES string of the molecule is CCC(C)NC(=O)C(CC)N(Cc1ccccc1Cl)C(=O)Cc1cccc(Cl)c1. The average molecular weight is 435 g/mol. The molecule has 0 spiro atoms. The Morgan fingerprint density at radius 2 is 1.76 bits per heavy atom. The third-order valence-electron chi connectivity index (χ3n) is 4.93. The van der Waals surface area contributed by atoms with Crippen molar-refractivity contribution >= 4 is 35.0 Å². The number of amides is 2. The summed E-state index contributed by atoms with van der Waals surface area (Å²) in [5.41, 5.74) is 1.62. The van der Waals surface area contributed by atoms with Gasteiger partial charge in [0, 0.05) is 22.6 Å². The number of carbonyl (C=O) groups excluding carboxylic acids is 2. The van der Waals surface area contributed by atoms with Crippen LogP contribution in [0.1, 0.15) is 44.7 Å². The molecule has 2 unspecified atom stereocenters. The summed E-state index contributed by atoms with van der Waals surface area (Å²) in [6, 6.07) is 14.1. The molecule has 0 fully saturated rings. The van der Waals surface area contributed by atoms with Gasteiger partial charge in [-0.15, -0.1) is 0 Å².